The van der Waals surface area contributed by atoms with E-state index in [1.807, 2.05) is 0 Å². The maximum absolute atomic E-state index is 12.0. The summed E-state index contributed by atoms with van der Waals surface area (Å²) in [6, 6.07) is 1.48. The van der Waals surface area contributed by atoms with Crippen molar-refractivity contribution in [3.05, 3.63) is 18.0 Å². The molecule has 1 aromatic rings. The molecule has 1 amide bonds. The molecule has 0 bridgehead atoms. The number of ether oxygens (including phenoxy) is 1. The lowest BCUT2D eigenvalue weighted by Crippen LogP contribution is -2.36. The van der Waals surface area contributed by atoms with Gasteiger partial charge in [-0.25, -0.2) is 0 Å². The van der Waals surface area contributed by atoms with E-state index in [-0.39, 0.29) is 23.9 Å². The predicted octanol–water partition coefficient (Wildman–Crippen LogP) is -0.100. The van der Waals surface area contributed by atoms with Crippen molar-refractivity contribution in [2.75, 3.05) is 26.8 Å². The topological polar surface area (TPSA) is 114 Å². The zero-order chi connectivity index (χ0) is 13.4. The quantitative estimate of drug-likeness (QED) is 0.305. The van der Waals surface area contributed by atoms with E-state index < -0.39 is 0 Å². The third-order valence-electron chi connectivity index (χ3n) is 2.28. The van der Waals surface area contributed by atoms with E-state index in [0.717, 1.165) is 0 Å². The van der Waals surface area contributed by atoms with Crippen LogP contribution in [0, 0.1) is 0 Å². The minimum Gasteiger partial charge on any atom is -0.409 e. The Morgan fingerprint density at radius 2 is 2.44 bits per heavy atom. The van der Waals surface area contributed by atoms with E-state index >= 15 is 0 Å². The number of amidine groups is 1. The zero-order valence-corrected chi connectivity index (χ0v) is 10.1. The van der Waals surface area contributed by atoms with Crippen LogP contribution in [0.5, 0.6) is 0 Å². The molecule has 100 valence electrons. The van der Waals surface area contributed by atoms with Crippen molar-refractivity contribution in [1.29, 1.82) is 0 Å². The molecule has 0 aliphatic rings. The number of aromatic nitrogens is 1. The highest BCUT2D eigenvalue weighted by atomic mass is 16.5. The molecular formula is C10H16N4O4. The average Bonchev–Trinajstić information content (AvgIpc) is 2.91. The molecule has 0 aromatic carbocycles. The van der Waals surface area contributed by atoms with Crippen molar-refractivity contribution in [1.82, 2.24) is 10.1 Å². The van der Waals surface area contributed by atoms with Gasteiger partial charge in [0.25, 0.3) is 5.91 Å². The summed E-state index contributed by atoms with van der Waals surface area (Å²) in [6.45, 7) is 1.09. The highest BCUT2D eigenvalue weighted by Crippen LogP contribution is 2.03. The number of hydrogen-bond acceptors (Lipinski definition) is 6. The lowest BCUT2D eigenvalue weighted by molar-refractivity contribution is 0.0690. The molecule has 0 saturated carbocycles. The van der Waals surface area contributed by atoms with Gasteiger partial charge >= 0.3 is 0 Å². The molecule has 3 N–H and O–H groups in total. The summed E-state index contributed by atoms with van der Waals surface area (Å²) in [4.78, 5) is 13.5. The first-order valence-electron chi connectivity index (χ1n) is 5.34. The molecule has 0 fully saturated rings. The molecule has 0 unspecified atom stereocenters. The van der Waals surface area contributed by atoms with Crippen LogP contribution in [-0.4, -0.2) is 53.8 Å². The summed E-state index contributed by atoms with van der Waals surface area (Å²) in [5.41, 5.74) is 5.58. The second kappa shape index (κ2) is 7.28. The van der Waals surface area contributed by atoms with Crippen LogP contribution in [0.3, 0.4) is 0 Å². The van der Waals surface area contributed by atoms with Crippen LogP contribution in [0.25, 0.3) is 0 Å². The Labute approximate surface area is 104 Å². The van der Waals surface area contributed by atoms with Gasteiger partial charge in [0, 0.05) is 32.7 Å². The molecule has 1 rings (SSSR count). The third-order valence-corrected chi connectivity index (χ3v) is 2.28. The number of carbonyl (C=O) groups is 1. The SMILES string of the molecule is COCCN(CCC(N)=NO)C(=O)c1ccon1. The fraction of sp³-hybridized carbons (Fsp3) is 0.500. The van der Waals surface area contributed by atoms with Gasteiger partial charge in [0.15, 0.2) is 5.69 Å². The number of nitrogens with zero attached hydrogens (tertiary/aromatic N) is 3. The smallest absolute Gasteiger partial charge is 0.276 e. The van der Waals surface area contributed by atoms with Crippen LogP contribution in [0.15, 0.2) is 22.0 Å². The van der Waals surface area contributed by atoms with Crippen molar-refractivity contribution in [2.24, 2.45) is 10.9 Å². The summed E-state index contributed by atoms with van der Waals surface area (Å²) in [6.07, 6.45) is 1.59. The lowest BCUT2D eigenvalue weighted by atomic mass is 10.3. The first kappa shape index (κ1) is 14.0. The van der Waals surface area contributed by atoms with E-state index in [4.69, 9.17) is 15.7 Å². The van der Waals surface area contributed by atoms with Gasteiger partial charge in [0.2, 0.25) is 0 Å². The molecule has 18 heavy (non-hydrogen) atoms. The highest BCUT2D eigenvalue weighted by Gasteiger charge is 2.18. The Hall–Kier alpha value is -2.09. The van der Waals surface area contributed by atoms with Crippen molar-refractivity contribution >= 4 is 11.7 Å². The van der Waals surface area contributed by atoms with Crippen LogP contribution in [0.4, 0.5) is 0 Å². The summed E-state index contributed by atoms with van der Waals surface area (Å²) in [5.74, 6) is -0.225. The first-order chi connectivity index (χ1) is 8.69. The third kappa shape index (κ3) is 4.06. The van der Waals surface area contributed by atoms with Gasteiger partial charge in [-0.15, -0.1) is 0 Å². The van der Waals surface area contributed by atoms with E-state index in [1.54, 1.807) is 7.11 Å². The van der Waals surface area contributed by atoms with E-state index in [0.29, 0.717) is 19.7 Å². The number of nitrogens with two attached hydrogens (primary N) is 1. The van der Waals surface area contributed by atoms with Crippen molar-refractivity contribution in [3.63, 3.8) is 0 Å². The van der Waals surface area contributed by atoms with Gasteiger partial charge in [-0.2, -0.15) is 0 Å². The second-order valence-corrected chi connectivity index (χ2v) is 3.51. The van der Waals surface area contributed by atoms with Gasteiger partial charge in [0.05, 0.1) is 6.61 Å². The maximum Gasteiger partial charge on any atom is 0.276 e. The molecule has 0 aliphatic carbocycles. The summed E-state index contributed by atoms with van der Waals surface area (Å²) < 4.78 is 9.54. The number of methoxy groups -OCH3 is 1. The first-order valence-corrected chi connectivity index (χ1v) is 5.34. The van der Waals surface area contributed by atoms with Gasteiger partial charge in [-0.3, -0.25) is 4.79 Å². The molecule has 0 radical (unpaired) electrons. The fourth-order valence-corrected chi connectivity index (χ4v) is 1.30. The summed E-state index contributed by atoms with van der Waals surface area (Å²) >= 11 is 0. The van der Waals surface area contributed by atoms with E-state index in [9.17, 15) is 4.79 Å². The number of amides is 1. The molecule has 0 atom stereocenters. The van der Waals surface area contributed by atoms with Crippen LogP contribution in [-0.2, 0) is 4.74 Å². The van der Waals surface area contributed by atoms with Crippen molar-refractivity contribution in [3.8, 4) is 0 Å². The minimum absolute atomic E-state index is 0.0605. The Bertz CT molecular complexity index is 391. The maximum atomic E-state index is 12.0. The Morgan fingerprint density at radius 1 is 1.67 bits per heavy atom. The van der Waals surface area contributed by atoms with Gasteiger partial charge in [-0.1, -0.05) is 10.3 Å². The Morgan fingerprint density at radius 3 is 3.00 bits per heavy atom. The second-order valence-electron chi connectivity index (χ2n) is 3.51. The molecular weight excluding hydrogens is 240 g/mol. The minimum atomic E-state index is -0.286. The van der Waals surface area contributed by atoms with Crippen LogP contribution >= 0.6 is 0 Å². The van der Waals surface area contributed by atoms with Gasteiger partial charge in [0.1, 0.15) is 12.1 Å². The molecule has 1 aromatic heterocycles. The van der Waals surface area contributed by atoms with Crippen molar-refractivity contribution < 1.29 is 19.3 Å². The number of hydrogen-bond donors (Lipinski definition) is 2. The molecule has 0 saturated heterocycles. The average molecular weight is 256 g/mol. The largest absolute Gasteiger partial charge is 0.409 e. The van der Waals surface area contributed by atoms with Gasteiger partial charge in [-0.05, 0) is 0 Å². The van der Waals surface area contributed by atoms with Crippen LogP contribution in [0.2, 0.25) is 0 Å². The van der Waals surface area contributed by atoms with E-state index in [2.05, 4.69) is 14.8 Å². The predicted molar refractivity (Wildman–Crippen MR) is 62.3 cm³/mol. The van der Waals surface area contributed by atoms with Gasteiger partial charge < -0.3 is 25.1 Å². The molecule has 0 aliphatic heterocycles. The highest BCUT2D eigenvalue weighted by molar-refractivity contribution is 5.92. The Kier molecular flexibility index (Phi) is 5.65. The number of oxime groups is 1. The Balaban J connectivity index is 2.62. The summed E-state index contributed by atoms with van der Waals surface area (Å²) in [5, 5.41) is 14.9. The molecule has 1 heterocycles. The zero-order valence-electron chi connectivity index (χ0n) is 10.1. The van der Waals surface area contributed by atoms with Crippen molar-refractivity contribution in [2.45, 2.75) is 6.42 Å². The number of rotatable bonds is 7. The summed E-state index contributed by atoms with van der Waals surface area (Å²) in [7, 11) is 1.54. The van der Waals surface area contributed by atoms with E-state index in [1.165, 1.54) is 17.2 Å². The molecule has 8 nitrogen and oxygen atoms in total. The molecule has 0 spiro atoms. The fourth-order valence-electron chi connectivity index (χ4n) is 1.30. The monoisotopic (exact) mass is 256 g/mol. The molecule has 8 heteroatoms. The van der Waals surface area contributed by atoms with Crippen LogP contribution in [0.1, 0.15) is 16.9 Å². The van der Waals surface area contributed by atoms with Crippen LogP contribution < -0.4 is 5.73 Å². The normalized spacial score (nSPS) is 11.5. The standard InChI is InChI=1S/C10H16N4O4/c1-17-7-5-14(4-2-9(11)12-16)10(15)8-3-6-18-13-8/h3,6,16H,2,4-5,7H2,1H3,(H2,11,12). The number of carbonyl (C=O) groups excluding carboxylic acids is 1. The lowest BCUT2D eigenvalue weighted by Gasteiger charge is -2.20.